The first kappa shape index (κ1) is 17.6. The van der Waals surface area contributed by atoms with E-state index in [0.29, 0.717) is 16.1 Å². The summed E-state index contributed by atoms with van der Waals surface area (Å²) in [7, 11) is 0. The molecular formula is C23H18ClFN2. The number of aliphatic imine (C=N–C) groups is 1. The lowest BCUT2D eigenvalue weighted by Crippen LogP contribution is -2.11. The number of benzene rings is 2. The molecule has 0 unspecified atom stereocenters. The summed E-state index contributed by atoms with van der Waals surface area (Å²) >= 11 is 6.27. The van der Waals surface area contributed by atoms with Gasteiger partial charge in [0, 0.05) is 40.7 Å². The maximum Gasteiger partial charge on any atom is 0.131 e. The van der Waals surface area contributed by atoms with Crippen molar-refractivity contribution >= 4 is 23.4 Å². The minimum absolute atomic E-state index is 0.282. The smallest absolute Gasteiger partial charge is 0.131 e. The molecule has 1 aliphatic rings. The third-order valence-electron chi connectivity index (χ3n) is 4.61. The number of nitrogens with zero attached hydrogens (tertiary/aromatic N) is 2. The second kappa shape index (κ2) is 7.85. The highest BCUT2D eigenvalue weighted by Gasteiger charge is 2.15. The zero-order valence-electron chi connectivity index (χ0n) is 14.7. The SMILES string of the molecule is Fc1ccc(/C=C2\CCCN=C2c2cccnc2)cc1-c1ccccc1Cl. The molecule has 0 radical (unpaired) electrons. The van der Waals surface area contributed by atoms with E-state index in [-0.39, 0.29) is 5.82 Å². The summed E-state index contributed by atoms with van der Waals surface area (Å²) in [6, 6.07) is 16.4. The molecule has 0 saturated carbocycles. The van der Waals surface area contributed by atoms with Gasteiger partial charge in [0.1, 0.15) is 5.82 Å². The second-order valence-electron chi connectivity index (χ2n) is 6.46. The minimum atomic E-state index is -0.282. The Morgan fingerprint density at radius 1 is 1.00 bits per heavy atom. The summed E-state index contributed by atoms with van der Waals surface area (Å²) < 4.78 is 14.4. The summed E-state index contributed by atoms with van der Waals surface area (Å²) in [5.74, 6) is -0.282. The van der Waals surface area contributed by atoms with Gasteiger partial charge in [-0.25, -0.2) is 4.39 Å². The first-order valence-electron chi connectivity index (χ1n) is 8.92. The Kier molecular flexibility index (Phi) is 5.12. The number of rotatable bonds is 3. The Labute approximate surface area is 163 Å². The number of allylic oxidation sites excluding steroid dienone is 1. The second-order valence-corrected chi connectivity index (χ2v) is 6.87. The zero-order valence-corrected chi connectivity index (χ0v) is 15.5. The van der Waals surface area contributed by atoms with Gasteiger partial charge in [-0.1, -0.05) is 35.9 Å². The zero-order chi connectivity index (χ0) is 18.6. The third-order valence-corrected chi connectivity index (χ3v) is 4.94. The van der Waals surface area contributed by atoms with Crippen molar-refractivity contribution in [3.05, 3.63) is 94.5 Å². The topological polar surface area (TPSA) is 25.2 Å². The fourth-order valence-corrected chi connectivity index (χ4v) is 3.56. The molecule has 0 spiro atoms. The van der Waals surface area contributed by atoms with Crippen LogP contribution < -0.4 is 0 Å². The molecule has 2 heterocycles. The molecule has 27 heavy (non-hydrogen) atoms. The molecule has 1 aromatic heterocycles. The average molecular weight is 377 g/mol. The summed E-state index contributed by atoms with van der Waals surface area (Å²) in [5, 5.41) is 0.538. The van der Waals surface area contributed by atoms with Crippen LogP contribution in [-0.2, 0) is 0 Å². The summed E-state index contributed by atoms with van der Waals surface area (Å²) in [6.07, 6.45) is 7.62. The van der Waals surface area contributed by atoms with Gasteiger partial charge in [0.25, 0.3) is 0 Å². The molecule has 1 aliphatic heterocycles. The van der Waals surface area contributed by atoms with Gasteiger partial charge in [-0.05, 0) is 60.4 Å². The first-order valence-corrected chi connectivity index (χ1v) is 9.30. The number of halogens is 2. The van der Waals surface area contributed by atoms with E-state index in [1.165, 1.54) is 6.07 Å². The van der Waals surface area contributed by atoms with Crippen LogP contribution >= 0.6 is 11.6 Å². The monoisotopic (exact) mass is 376 g/mol. The van der Waals surface area contributed by atoms with Gasteiger partial charge < -0.3 is 0 Å². The summed E-state index contributed by atoms with van der Waals surface area (Å²) in [4.78, 5) is 8.91. The van der Waals surface area contributed by atoms with Crippen molar-refractivity contribution in [2.24, 2.45) is 4.99 Å². The van der Waals surface area contributed by atoms with Gasteiger partial charge in [0.2, 0.25) is 0 Å². The van der Waals surface area contributed by atoms with Gasteiger partial charge in [0.15, 0.2) is 0 Å². The van der Waals surface area contributed by atoms with Gasteiger partial charge in [0.05, 0.1) is 5.71 Å². The van der Waals surface area contributed by atoms with Crippen molar-refractivity contribution in [3.8, 4) is 11.1 Å². The van der Waals surface area contributed by atoms with Gasteiger partial charge >= 0.3 is 0 Å². The van der Waals surface area contributed by atoms with E-state index in [1.54, 1.807) is 18.3 Å². The highest BCUT2D eigenvalue weighted by atomic mass is 35.5. The lowest BCUT2D eigenvalue weighted by Gasteiger charge is -2.16. The number of hydrogen-bond donors (Lipinski definition) is 0. The van der Waals surface area contributed by atoms with Crippen LogP contribution in [0, 0.1) is 5.82 Å². The Hall–Kier alpha value is -2.78. The molecule has 0 amide bonds. The third kappa shape index (κ3) is 3.83. The summed E-state index contributed by atoms with van der Waals surface area (Å²) in [6.45, 7) is 0.815. The van der Waals surface area contributed by atoms with E-state index in [2.05, 4.69) is 11.1 Å². The standard InChI is InChI=1S/C23H18ClFN2/c24-21-8-2-1-7-19(21)20-14-16(9-10-22(20)25)13-17-5-4-12-27-23(17)18-6-3-11-26-15-18/h1-3,6-11,13-15H,4-5,12H2/b17-13+. The maximum atomic E-state index is 14.4. The van der Waals surface area contributed by atoms with E-state index >= 15 is 0 Å². The van der Waals surface area contributed by atoms with Crippen LogP contribution in [0.5, 0.6) is 0 Å². The molecule has 0 bridgehead atoms. The van der Waals surface area contributed by atoms with E-state index in [0.717, 1.165) is 41.8 Å². The molecule has 4 rings (SSSR count). The quantitative estimate of drug-likeness (QED) is 0.533. The van der Waals surface area contributed by atoms with E-state index < -0.39 is 0 Å². The lowest BCUT2D eigenvalue weighted by molar-refractivity contribution is 0.631. The van der Waals surface area contributed by atoms with E-state index in [9.17, 15) is 4.39 Å². The van der Waals surface area contributed by atoms with E-state index in [4.69, 9.17) is 16.6 Å². The average Bonchev–Trinajstić information content (AvgIpc) is 2.71. The largest absolute Gasteiger partial charge is 0.284 e. The molecule has 0 fully saturated rings. The van der Waals surface area contributed by atoms with Crippen molar-refractivity contribution in [1.29, 1.82) is 0 Å². The molecular weight excluding hydrogens is 359 g/mol. The Bertz CT molecular complexity index is 1030. The highest BCUT2D eigenvalue weighted by molar-refractivity contribution is 6.33. The molecule has 0 aliphatic carbocycles. The van der Waals surface area contributed by atoms with Crippen molar-refractivity contribution in [1.82, 2.24) is 4.98 Å². The number of hydrogen-bond acceptors (Lipinski definition) is 2. The van der Waals surface area contributed by atoms with Crippen molar-refractivity contribution in [2.75, 3.05) is 6.54 Å². The van der Waals surface area contributed by atoms with Crippen molar-refractivity contribution in [3.63, 3.8) is 0 Å². The van der Waals surface area contributed by atoms with Crippen LogP contribution in [0.1, 0.15) is 24.0 Å². The normalized spacial score (nSPS) is 15.6. The Balaban J connectivity index is 1.76. The molecule has 2 aromatic carbocycles. The molecule has 4 heteroatoms. The van der Waals surface area contributed by atoms with Crippen LogP contribution in [0.2, 0.25) is 5.02 Å². The van der Waals surface area contributed by atoms with Gasteiger partial charge in [-0.3, -0.25) is 9.98 Å². The number of pyridine rings is 1. The fraction of sp³-hybridized carbons (Fsp3) is 0.130. The van der Waals surface area contributed by atoms with Gasteiger partial charge in [-0.15, -0.1) is 0 Å². The fourth-order valence-electron chi connectivity index (χ4n) is 3.32. The minimum Gasteiger partial charge on any atom is -0.284 e. The summed E-state index contributed by atoms with van der Waals surface area (Å²) in [5.41, 5.74) is 5.26. The highest BCUT2D eigenvalue weighted by Crippen LogP contribution is 2.31. The van der Waals surface area contributed by atoms with Crippen LogP contribution in [0.4, 0.5) is 4.39 Å². The molecule has 3 aromatic rings. The Morgan fingerprint density at radius 2 is 1.89 bits per heavy atom. The first-order chi connectivity index (χ1) is 13.2. The predicted molar refractivity (Wildman–Crippen MR) is 110 cm³/mol. The van der Waals surface area contributed by atoms with E-state index in [1.807, 2.05) is 42.6 Å². The molecule has 2 nitrogen and oxygen atoms in total. The maximum absolute atomic E-state index is 14.4. The molecule has 0 saturated heterocycles. The van der Waals surface area contributed by atoms with Crippen LogP contribution in [0.3, 0.4) is 0 Å². The van der Waals surface area contributed by atoms with Crippen LogP contribution in [0.15, 0.2) is 77.6 Å². The van der Waals surface area contributed by atoms with Crippen LogP contribution in [0.25, 0.3) is 17.2 Å². The lowest BCUT2D eigenvalue weighted by atomic mass is 9.94. The van der Waals surface area contributed by atoms with Gasteiger partial charge in [-0.2, -0.15) is 0 Å². The van der Waals surface area contributed by atoms with Crippen LogP contribution in [-0.4, -0.2) is 17.2 Å². The van der Waals surface area contributed by atoms with Crippen molar-refractivity contribution < 1.29 is 4.39 Å². The molecule has 134 valence electrons. The number of aromatic nitrogens is 1. The molecule has 0 atom stereocenters. The molecule has 0 N–H and O–H groups in total. The van der Waals surface area contributed by atoms with Crippen molar-refractivity contribution in [2.45, 2.75) is 12.8 Å². The Morgan fingerprint density at radius 3 is 2.70 bits per heavy atom. The predicted octanol–water partition coefficient (Wildman–Crippen LogP) is 6.21.